The van der Waals surface area contributed by atoms with Crippen LogP contribution in [0.25, 0.3) is 0 Å². The van der Waals surface area contributed by atoms with Crippen molar-refractivity contribution in [2.24, 2.45) is 0 Å². The second-order valence-electron chi connectivity index (χ2n) is 4.53. The predicted molar refractivity (Wildman–Crippen MR) is 58.3 cm³/mol. The van der Waals surface area contributed by atoms with E-state index in [-0.39, 0.29) is 5.54 Å². The number of hydrogen-bond acceptors (Lipinski definition) is 3. The Morgan fingerprint density at radius 3 is 2.93 bits per heavy atom. The third-order valence-corrected chi connectivity index (χ3v) is 2.60. The molecule has 0 bridgehead atoms. The fourth-order valence-corrected chi connectivity index (χ4v) is 1.92. The minimum atomic E-state index is 0.256. The average Bonchev–Trinajstić information content (AvgIpc) is 2.47. The van der Waals surface area contributed by atoms with Crippen molar-refractivity contribution in [3.05, 3.63) is 24.4 Å². The van der Waals surface area contributed by atoms with Gasteiger partial charge in [0.05, 0.1) is 0 Å². The Hall–Kier alpha value is -1.09. The molecule has 0 saturated carbocycles. The zero-order valence-corrected chi connectivity index (χ0v) is 8.75. The highest BCUT2D eigenvalue weighted by molar-refractivity contribution is 5.35. The Balaban J connectivity index is 1.94. The van der Waals surface area contributed by atoms with Gasteiger partial charge in [-0.25, -0.2) is 4.98 Å². The second kappa shape index (κ2) is 3.58. The maximum atomic E-state index is 4.25. The normalized spacial score (nSPS) is 24.9. The number of nitrogens with one attached hydrogen (secondary N) is 2. The SMILES string of the molecule is CC1(C)CC(Nc2ccccn2)CN1. The van der Waals surface area contributed by atoms with E-state index in [0.717, 1.165) is 18.8 Å². The summed E-state index contributed by atoms with van der Waals surface area (Å²) in [4.78, 5) is 4.25. The molecule has 0 radical (unpaired) electrons. The molecule has 2 heterocycles. The topological polar surface area (TPSA) is 37.0 Å². The van der Waals surface area contributed by atoms with Crippen LogP contribution in [0.5, 0.6) is 0 Å². The fraction of sp³-hybridized carbons (Fsp3) is 0.545. The third kappa shape index (κ3) is 2.23. The molecule has 1 aliphatic heterocycles. The first-order valence-corrected chi connectivity index (χ1v) is 5.08. The molecule has 1 aromatic heterocycles. The maximum Gasteiger partial charge on any atom is 0.126 e. The van der Waals surface area contributed by atoms with Gasteiger partial charge in [0.1, 0.15) is 5.82 Å². The number of aromatic nitrogens is 1. The summed E-state index contributed by atoms with van der Waals surface area (Å²) in [5.74, 6) is 0.969. The largest absolute Gasteiger partial charge is 0.366 e. The van der Waals surface area contributed by atoms with Crippen molar-refractivity contribution in [3.8, 4) is 0 Å². The van der Waals surface area contributed by atoms with Gasteiger partial charge in [0.25, 0.3) is 0 Å². The van der Waals surface area contributed by atoms with E-state index in [2.05, 4.69) is 29.5 Å². The summed E-state index contributed by atoms with van der Waals surface area (Å²) >= 11 is 0. The minimum absolute atomic E-state index is 0.256. The Kier molecular flexibility index (Phi) is 2.42. The first-order valence-electron chi connectivity index (χ1n) is 5.08. The molecule has 3 heteroatoms. The summed E-state index contributed by atoms with van der Waals surface area (Å²) in [7, 11) is 0. The smallest absolute Gasteiger partial charge is 0.126 e. The van der Waals surface area contributed by atoms with Crippen LogP contribution in [0, 0.1) is 0 Å². The molecule has 0 aromatic carbocycles. The van der Waals surface area contributed by atoms with Gasteiger partial charge in [-0.3, -0.25) is 0 Å². The van der Waals surface area contributed by atoms with Crippen molar-refractivity contribution >= 4 is 5.82 Å². The van der Waals surface area contributed by atoms with Crippen LogP contribution in [-0.2, 0) is 0 Å². The van der Waals surface area contributed by atoms with Gasteiger partial charge in [-0.2, -0.15) is 0 Å². The molecule has 1 atom stereocenters. The summed E-state index contributed by atoms with van der Waals surface area (Å²) in [6, 6.07) is 6.44. The number of rotatable bonds is 2. The van der Waals surface area contributed by atoms with Gasteiger partial charge < -0.3 is 10.6 Å². The molecule has 14 heavy (non-hydrogen) atoms. The van der Waals surface area contributed by atoms with E-state index < -0.39 is 0 Å². The third-order valence-electron chi connectivity index (χ3n) is 2.60. The van der Waals surface area contributed by atoms with Crippen LogP contribution in [0.2, 0.25) is 0 Å². The minimum Gasteiger partial charge on any atom is -0.366 e. The lowest BCUT2D eigenvalue weighted by molar-refractivity contribution is 0.457. The molecule has 1 unspecified atom stereocenters. The first-order chi connectivity index (χ1) is 6.66. The average molecular weight is 191 g/mol. The highest BCUT2D eigenvalue weighted by Crippen LogP contribution is 2.20. The monoisotopic (exact) mass is 191 g/mol. The molecule has 1 aliphatic rings. The van der Waals surface area contributed by atoms with Crippen LogP contribution in [-0.4, -0.2) is 23.1 Å². The van der Waals surface area contributed by atoms with E-state index in [1.165, 1.54) is 0 Å². The van der Waals surface area contributed by atoms with Gasteiger partial charge in [-0.15, -0.1) is 0 Å². The number of hydrogen-bond donors (Lipinski definition) is 2. The quantitative estimate of drug-likeness (QED) is 0.746. The van der Waals surface area contributed by atoms with E-state index in [9.17, 15) is 0 Å². The van der Waals surface area contributed by atoms with Gasteiger partial charge in [0.2, 0.25) is 0 Å². The first kappa shape index (κ1) is 9.46. The molecule has 2 N–H and O–H groups in total. The number of pyridine rings is 1. The predicted octanol–water partition coefficient (Wildman–Crippen LogP) is 1.63. The zero-order valence-electron chi connectivity index (χ0n) is 8.75. The molecule has 3 nitrogen and oxygen atoms in total. The van der Waals surface area contributed by atoms with Crippen molar-refractivity contribution in [2.75, 3.05) is 11.9 Å². The van der Waals surface area contributed by atoms with Crippen molar-refractivity contribution in [3.63, 3.8) is 0 Å². The van der Waals surface area contributed by atoms with Crippen LogP contribution in [0.1, 0.15) is 20.3 Å². The van der Waals surface area contributed by atoms with Crippen LogP contribution < -0.4 is 10.6 Å². The molecular formula is C11H17N3. The van der Waals surface area contributed by atoms with E-state index >= 15 is 0 Å². The molecular weight excluding hydrogens is 174 g/mol. The van der Waals surface area contributed by atoms with E-state index in [4.69, 9.17) is 0 Å². The number of anilines is 1. The van der Waals surface area contributed by atoms with Gasteiger partial charge >= 0.3 is 0 Å². The van der Waals surface area contributed by atoms with Crippen LogP contribution >= 0.6 is 0 Å². The molecule has 76 valence electrons. The maximum absolute atomic E-state index is 4.25. The van der Waals surface area contributed by atoms with Crippen molar-refractivity contribution in [1.82, 2.24) is 10.3 Å². The highest BCUT2D eigenvalue weighted by atomic mass is 15.1. The standard InChI is InChI=1S/C11H17N3/c1-11(2)7-9(8-13-11)14-10-5-3-4-6-12-10/h3-6,9,13H,7-8H2,1-2H3,(H,12,14). The molecule has 0 spiro atoms. The summed E-state index contributed by atoms with van der Waals surface area (Å²) in [6.45, 7) is 5.48. The summed E-state index contributed by atoms with van der Waals surface area (Å²) in [6.07, 6.45) is 2.96. The summed E-state index contributed by atoms with van der Waals surface area (Å²) < 4.78 is 0. The van der Waals surface area contributed by atoms with E-state index in [1.54, 1.807) is 0 Å². The van der Waals surface area contributed by atoms with Crippen molar-refractivity contribution in [2.45, 2.75) is 31.8 Å². The Labute approximate surface area is 84.9 Å². The van der Waals surface area contributed by atoms with Crippen LogP contribution in [0.4, 0.5) is 5.82 Å². The Morgan fingerprint density at radius 2 is 2.36 bits per heavy atom. The molecule has 2 rings (SSSR count). The highest BCUT2D eigenvalue weighted by Gasteiger charge is 2.29. The van der Waals surface area contributed by atoms with E-state index in [0.29, 0.717) is 6.04 Å². The van der Waals surface area contributed by atoms with Gasteiger partial charge in [-0.05, 0) is 32.4 Å². The molecule has 1 saturated heterocycles. The molecule has 1 fully saturated rings. The molecule has 0 aliphatic carbocycles. The zero-order chi connectivity index (χ0) is 10.0. The van der Waals surface area contributed by atoms with Crippen LogP contribution in [0.15, 0.2) is 24.4 Å². The van der Waals surface area contributed by atoms with E-state index in [1.807, 2.05) is 24.4 Å². The van der Waals surface area contributed by atoms with Gasteiger partial charge in [0.15, 0.2) is 0 Å². The second-order valence-corrected chi connectivity index (χ2v) is 4.53. The Bertz CT molecular complexity index is 295. The van der Waals surface area contributed by atoms with Gasteiger partial charge in [-0.1, -0.05) is 6.07 Å². The lowest BCUT2D eigenvalue weighted by Gasteiger charge is -2.17. The molecule has 0 amide bonds. The molecule has 1 aromatic rings. The lowest BCUT2D eigenvalue weighted by atomic mass is 10.0. The lowest BCUT2D eigenvalue weighted by Crippen LogP contribution is -2.31. The summed E-state index contributed by atoms with van der Waals surface area (Å²) in [5, 5.41) is 6.90. The van der Waals surface area contributed by atoms with Crippen molar-refractivity contribution in [1.29, 1.82) is 0 Å². The fourth-order valence-electron chi connectivity index (χ4n) is 1.92. The number of nitrogens with zero attached hydrogens (tertiary/aromatic N) is 1. The van der Waals surface area contributed by atoms with Crippen LogP contribution in [0.3, 0.4) is 0 Å². The van der Waals surface area contributed by atoms with Crippen molar-refractivity contribution < 1.29 is 0 Å². The summed E-state index contributed by atoms with van der Waals surface area (Å²) in [5.41, 5.74) is 0.256. The Morgan fingerprint density at radius 1 is 1.50 bits per heavy atom. The van der Waals surface area contributed by atoms with Gasteiger partial charge in [0, 0.05) is 24.3 Å².